The first-order valence-corrected chi connectivity index (χ1v) is 4.73. The molecule has 1 unspecified atom stereocenters. The first kappa shape index (κ1) is 12.8. The van der Waals surface area contributed by atoms with Gasteiger partial charge in [-0.05, 0) is 18.9 Å². The second-order valence-electron chi connectivity index (χ2n) is 3.49. The molecule has 0 radical (unpaired) electrons. The summed E-state index contributed by atoms with van der Waals surface area (Å²) in [5.41, 5.74) is 0. The van der Waals surface area contributed by atoms with E-state index in [9.17, 15) is 13.2 Å². The SMILES string of the molecule is CCCCC(C)CNCC(F)(F)F. The molecule has 0 aliphatic carbocycles. The molecule has 0 aromatic carbocycles. The normalized spacial score (nSPS) is 14.5. The highest BCUT2D eigenvalue weighted by atomic mass is 19.4. The van der Waals surface area contributed by atoms with E-state index in [1.54, 1.807) is 0 Å². The van der Waals surface area contributed by atoms with E-state index in [0.717, 1.165) is 19.3 Å². The average molecular weight is 197 g/mol. The molecule has 80 valence electrons. The highest BCUT2D eigenvalue weighted by Crippen LogP contribution is 2.13. The summed E-state index contributed by atoms with van der Waals surface area (Å²) in [4.78, 5) is 0. The highest BCUT2D eigenvalue weighted by molar-refractivity contribution is 4.60. The van der Waals surface area contributed by atoms with E-state index < -0.39 is 12.7 Å². The molecule has 0 fully saturated rings. The van der Waals surface area contributed by atoms with Crippen molar-refractivity contribution in [3.8, 4) is 0 Å². The summed E-state index contributed by atoms with van der Waals surface area (Å²) in [6, 6.07) is 0. The molecule has 0 aliphatic heterocycles. The van der Waals surface area contributed by atoms with Gasteiger partial charge in [0.15, 0.2) is 0 Å². The van der Waals surface area contributed by atoms with E-state index in [1.807, 2.05) is 6.92 Å². The summed E-state index contributed by atoms with van der Waals surface area (Å²) in [6.45, 7) is 3.64. The van der Waals surface area contributed by atoms with Gasteiger partial charge in [0.2, 0.25) is 0 Å². The lowest BCUT2D eigenvalue weighted by molar-refractivity contribution is -0.125. The van der Waals surface area contributed by atoms with Crippen LogP contribution in [0.5, 0.6) is 0 Å². The van der Waals surface area contributed by atoms with Crippen LogP contribution in [0.4, 0.5) is 13.2 Å². The lowest BCUT2D eigenvalue weighted by Crippen LogP contribution is -2.31. The van der Waals surface area contributed by atoms with Gasteiger partial charge in [0.05, 0.1) is 6.54 Å². The van der Waals surface area contributed by atoms with Crippen molar-refractivity contribution < 1.29 is 13.2 Å². The van der Waals surface area contributed by atoms with Gasteiger partial charge in [-0.25, -0.2) is 0 Å². The van der Waals surface area contributed by atoms with Crippen LogP contribution in [0, 0.1) is 5.92 Å². The molecule has 0 saturated carbocycles. The molecule has 1 nitrogen and oxygen atoms in total. The predicted molar refractivity (Wildman–Crippen MR) is 47.6 cm³/mol. The summed E-state index contributed by atoms with van der Waals surface area (Å²) in [5.74, 6) is 0.335. The fourth-order valence-corrected chi connectivity index (χ4v) is 1.11. The maximum absolute atomic E-state index is 11.7. The molecule has 0 amide bonds. The van der Waals surface area contributed by atoms with Crippen LogP contribution in [0.25, 0.3) is 0 Å². The van der Waals surface area contributed by atoms with Gasteiger partial charge in [-0.1, -0.05) is 26.7 Å². The number of rotatable bonds is 6. The summed E-state index contributed by atoms with van der Waals surface area (Å²) in [6.07, 6.45) is -0.885. The monoisotopic (exact) mass is 197 g/mol. The molecule has 0 rings (SSSR count). The minimum absolute atomic E-state index is 0.335. The minimum atomic E-state index is -4.08. The fraction of sp³-hybridized carbons (Fsp3) is 1.00. The number of halogens is 3. The van der Waals surface area contributed by atoms with Crippen molar-refractivity contribution in [2.24, 2.45) is 5.92 Å². The Balaban J connectivity index is 3.31. The number of hydrogen-bond donors (Lipinski definition) is 1. The molecule has 0 bridgehead atoms. The predicted octanol–water partition coefficient (Wildman–Crippen LogP) is 2.96. The molecule has 0 spiro atoms. The van der Waals surface area contributed by atoms with Gasteiger partial charge in [-0.15, -0.1) is 0 Å². The average Bonchev–Trinajstić information content (AvgIpc) is 1.98. The first-order valence-electron chi connectivity index (χ1n) is 4.73. The zero-order valence-corrected chi connectivity index (χ0v) is 8.25. The summed E-state index contributed by atoms with van der Waals surface area (Å²) < 4.78 is 35.1. The topological polar surface area (TPSA) is 12.0 Å². The van der Waals surface area contributed by atoms with Crippen LogP contribution >= 0.6 is 0 Å². The zero-order chi connectivity index (χ0) is 10.3. The van der Waals surface area contributed by atoms with E-state index >= 15 is 0 Å². The minimum Gasteiger partial charge on any atom is -0.308 e. The van der Waals surface area contributed by atoms with Crippen molar-refractivity contribution in [1.82, 2.24) is 5.32 Å². The van der Waals surface area contributed by atoms with Gasteiger partial charge in [-0.3, -0.25) is 0 Å². The Labute approximate surface area is 77.7 Å². The maximum Gasteiger partial charge on any atom is 0.401 e. The Morgan fingerprint density at radius 3 is 2.38 bits per heavy atom. The highest BCUT2D eigenvalue weighted by Gasteiger charge is 2.26. The van der Waals surface area contributed by atoms with E-state index in [1.165, 1.54) is 0 Å². The molecule has 0 aromatic rings. The molecule has 0 aliphatic rings. The Kier molecular flexibility index (Phi) is 6.12. The quantitative estimate of drug-likeness (QED) is 0.690. The molecule has 1 atom stereocenters. The molecular formula is C9H18F3N. The number of hydrogen-bond acceptors (Lipinski definition) is 1. The maximum atomic E-state index is 11.7. The van der Waals surface area contributed by atoms with Crippen molar-refractivity contribution in [1.29, 1.82) is 0 Å². The standard InChI is InChI=1S/C9H18F3N/c1-3-4-5-8(2)6-13-7-9(10,11)12/h8,13H,3-7H2,1-2H3. The van der Waals surface area contributed by atoms with Gasteiger partial charge in [0.25, 0.3) is 0 Å². The van der Waals surface area contributed by atoms with Gasteiger partial charge >= 0.3 is 6.18 Å². The van der Waals surface area contributed by atoms with Crippen molar-refractivity contribution in [3.63, 3.8) is 0 Å². The van der Waals surface area contributed by atoms with Crippen molar-refractivity contribution >= 4 is 0 Å². The van der Waals surface area contributed by atoms with E-state index in [0.29, 0.717) is 12.5 Å². The Hall–Kier alpha value is -0.250. The Bertz CT molecular complexity index is 123. The zero-order valence-electron chi connectivity index (χ0n) is 8.25. The first-order chi connectivity index (χ1) is 5.95. The number of unbranched alkanes of at least 4 members (excludes halogenated alkanes) is 1. The molecule has 0 aromatic heterocycles. The Morgan fingerprint density at radius 2 is 1.92 bits per heavy atom. The summed E-state index contributed by atoms with van der Waals surface area (Å²) in [5, 5.41) is 2.41. The molecule has 0 saturated heterocycles. The largest absolute Gasteiger partial charge is 0.401 e. The summed E-state index contributed by atoms with van der Waals surface area (Å²) in [7, 11) is 0. The third kappa shape index (κ3) is 9.67. The van der Waals surface area contributed by atoms with Gasteiger partial charge in [-0.2, -0.15) is 13.2 Å². The van der Waals surface area contributed by atoms with Crippen LogP contribution < -0.4 is 5.32 Å². The van der Waals surface area contributed by atoms with Crippen LogP contribution in [0.3, 0.4) is 0 Å². The molecule has 13 heavy (non-hydrogen) atoms. The van der Waals surface area contributed by atoms with Crippen molar-refractivity contribution in [2.75, 3.05) is 13.1 Å². The Morgan fingerprint density at radius 1 is 1.31 bits per heavy atom. The van der Waals surface area contributed by atoms with Gasteiger partial charge in [0.1, 0.15) is 0 Å². The van der Waals surface area contributed by atoms with Crippen molar-refractivity contribution in [2.45, 2.75) is 39.3 Å². The third-order valence-electron chi connectivity index (χ3n) is 1.87. The van der Waals surface area contributed by atoms with E-state index in [2.05, 4.69) is 12.2 Å². The van der Waals surface area contributed by atoms with Crippen molar-refractivity contribution in [3.05, 3.63) is 0 Å². The third-order valence-corrected chi connectivity index (χ3v) is 1.87. The van der Waals surface area contributed by atoms with E-state index in [-0.39, 0.29) is 0 Å². The second-order valence-corrected chi connectivity index (χ2v) is 3.49. The lowest BCUT2D eigenvalue weighted by Gasteiger charge is -2.13. The lowest BCUT2D eigenvalue weighted by atomic mass is 10.0. The molecule has 4 heteroatoms. The van der Waals surface area contributed by atoms with Crippen LogP contribution in [0.1, 0.15) is 33.1 Å². The van der Waals surface area contributed by atoms with E-state index in [4.69, 9.17) is 0 Å². The number of alkyl halides is 3. The van der Waals surface area contributed by atoms with Crippen LogP contribution in [0.2, 0.25) is 0 Å². The number of nitrogens with one attached hydrogen (secondary N) is 1. The van der Waals surface area contributed by atoms with Crippen LogP contribution in [0.15, 0.2) is 0 Å². The van der Waals surface area contributed by atoms with Crippen LogP contribution in [-0.4, -0.2) is 19.3 Å². The van der Waals surface area contributed by atoms with Gasteiger partial charge in [0, 0.05) is 0 Å². The summed E-state index contributed by atoms with van der Waals surface area (Å²) >= 11 is 0. The smallest absolute Gasteiger partial charge is 0.308 e. The second kappa shape index (κ2) is 6.24. The van der Waals surface area contributed by atoms with Crippen LogP contribution in [-0.2, 0) is 0 Å². The molecule has 1 N–H and O–H groups in total. The molecular weight excluding hydrogens is 179 g/mol. The molecule has 0 heterocycles. The van der Waals surface area contributed by atoms with Gasteiger partial charge < -0.3 is 5.32 Å². The fourth-order valence-electron chi connectivity index (χ4n) is 1.11.